The molecule has 14 heavy (non-hydrogen) atoms. The fraction of sp³-hybridized carbons (Fsp3) is 0.571. The van der Waals surface area contributed by atoms with Crippen molar-refractivity contribution in [2.45, 2.75) is 40.5 Å². The van der Waals surface area contributed by atoms with Crippen molar-refractivity contribution in [3.63, 3.8) is 0 Å². The van der Waals surface area contributed by atoms with Gasteiger partial charge in [0.15, 0.2) is 0 Å². The molecule has 0 fully saturated rings. The second kappa shape index (κ2) is 7.61. The topological polar surface area (TPSA) is 0 Å². The molecule has 0 nitrogen and oxygen atoms in total. The zero-order valence-corrected chi connectivity index (χ0v) is 10.1. The fourth-order valence-corrected chi connectivity index (χ4v) is 1.59. The molecule has 0 amide bonds. The van der Waals surface area contributed by atoms with Gasteiger partial charge in [0.2, 0.25) is 0 Å². The van der Waals surface area contributed by atoms with Crippen LogP contribution in [0.15, 0.2) is 36.5 Å². The van der Waals surface area contributed by atoms with E-state index in [1.807, 2.05) is 12.2 Å². The van der Waals surface area contributed by atoms with Gasteiger partial charge in [0.05, 0.1) is 0 Å². The van der Waals surface area contributed by atoms with Gasteiger partial charge in [0, 0.05) is 0 Å². The smallest absolute Gasteiger partial charge is 0.0254 e. The summed E-state index contributed by atoms with van der Waals surface area (Å²) >= 11 is 0. The Hall–Kier alpha value is -0.780. The minimum atomic E-state index is 0.680. The molecule has 0 saturated heterocycles. The van der Waals surface area contributed by atoms with Gasteiger partial charge in [-0.1, -0.05) is 63.6 Å². The van der Waals surface area contributed by atoms with Gasteiger partial charge in [0.25, 0.3) is 0 Å². The summed E-state index contributed by atoms with van der Waals surface area (Å²) in [7, 11) is 0. The molecule has 0 unspecified atom stereocenters. The first-order chi connectivity index (χ1) is 6.60. The highest BCUT2D eigenvalue weighted by atomic mass is 14.1. The quantitative estimate of drug-likeness (QED) is 0.533. The standard InChI is InChI=1S/C14H24/c1-6-8-9-13(4)11-14(5)10-12(3)7-2/h6,8-9,11-12,14H,1,7,10H2,2-5H3/b9-8+,13-11+/t12-,14+/m0/s1. The molecule has 0 saturated carbocycles. The predicted octanol–water partition coefficient (Wildman–Crippen LogP) is 4.75. The molecule has 0 bridgehead atoms. The first kappa shape index (κ1) is 13.2. The van der Waals surface area contributed by atoms with Crippen molar-refractivity contribution in [2.75, 3.05) is 0 Å². The average molecular weight is 192 g/mol. The van der Waals surface area contributed by atoms with Crippen molar-refractivity contribution in [2.24, 2.45) is 11.8 Å². The first-order valence-electron chi connectivity index (χ1n) is 5.57. The Morgan fingerprint density at radius 1 is 1.36 bits per heavy atom. The lowest BCUT2D eigenvalue weighted by Gasteiger charge is -2.12. The average Bonchev–Trinajstić information content (AvgIpc) is 2.14. The van der Waals surface area contributed by atoms with E-state index in [0.29, 0.717) is 5.92 Å². The molecule has 0 aliphatic carbocycles. The van der Waals surface area contributed by atoms with Gasteiger partial charge in [-0.3, -0.25) is 0 Å². The summed E-state index contributed by atoms with van der Waals surface area (Å²) in [6, 6.07) is 0. The fourth-order valence-electron chi connectivity index (χ4n) is 1.59. The summed E-state index contributed by atoms with van der Waals surface area (Å²) in [6.07, 6.45) is 10.8. The van der Waals surface area contributed by atoms with Crippen LogP contribution in [0, 0.1) is 11.8 Å². The van der Waals surface area contributed by atoms with Crippen LogP contribution in [-0.4, -0.2) is 0 Å². The Bertz CT molecular complexity index is 208. The van der Waals surface area contributed by atoms with Crippen molar-refractivity contribution in [3.8, 4) is 0 Å². The number of hydrogen-bond acceptors (Lipinski definition) is 0. The van der Waals surface area contributed by atoms with Crippen LogP contribution in [0.4, 0.5) is 0 Å². The summed E-state index contributed by atoms with van der Waals surface area (Å²) in [4.78, 5) is 0. The van der Waals surface area contributed by atoms with Gasteiger partial charge in [-0.05, 0) is 25.2 Å². The van der Waals surface area contributed by atoms with Crippen LogP contribution in [0.25, 0.3) is 0 Å². The molecule has 0 aliphatic heterocycles. The normalized spacial score (nSPS) is 17.0. The van der Waals surface area contributed by atoms with Crippen LogP contribution in [0.5, 0.6) is 0 Å². The molecule has 80 valence electrons. The van der Waals surface area contributed by atoms with E-state index in [9.17, 15) is 0 Å². The van der Waals surface area contributed by atoms with Crippen molar-refractivity contribution in [1.82, 2.24) is 0 Å². The third kappa shape index (κ3) is 6.71. The molecule has 2 atom stereocenters. The summed E-state index contributed by atoms with van der Waals surface area (Å²) in [5.74, 6) is 1.51. The highest BCUT2D eigenvalue weighted by Gasteiger charge is 2.03. The van der Waals surface area contributed by atoms with Crippen molar-refractivity contribution >= 4 is 0 Å². The van der Waals surface area contributed by atoms with Gasteiger partial charge in [-0.25, -0.2) is 0 Å². The Balaban J connectivity index is 4.06. The van der Waals surface area contributed by atoms with Crippen molar-refractivity contribution in [3.05, 3.63) is 36.5 Å². The second-order valence-corrected chi connectivity index (χ2v) is 4.23. The first-order valence-corrected chi connectivity index (χ1v) is 5.57. The van der Waals surface area contributed by atoms with Crippen molar-refractivity contribution in [1.29, 1.82) is 0 Å². The summed E-state index contributed by atoms with van der Waals surface area (Å²) < 4.78 is 0. The summed E-state index contributed by atoms with van der Waals surface area (Å²) in [6.45, 7) is 12.7. The largest absolute Gasteiger partial charge is 0.0991 e. The van der Waals surface area contributed by atoms with E-state index < -0.39 is 0 Å². The molecular formula is C14H24. The number of allylic oxidation sites excluding steroid dienone is 5. The van der Waals surface area contributed by atoms with Gasteiger partial charge >= 0.3 is 0 Å². The zero-order chi connectivity index (χ0) is 11.0. The Kier molecular flexibility index (Phi) is 7.18. The minimum Gasteiger partial charge on any atom is -0.0991 e. The van der Waals surface area contributed by atoms with Crippen LogP contribution < -0.4 is 0 Å². The van der Waals surface area contributed by atoms with E-state index in [1.165, 1.54) is 18.4 Å². The van der Waals surface area contributed by atoms with E-state index in [0.717, 1.165) is 5.92 Å². The minimum absolute atomic E-state index is 0.680. The second-order valence-electron chi connectivity index (χ2n) is 4.23. The van der Waals surface area contributed by atoms with Gasteiger partial charge in [-0.2, -0.15) is 0 Å². The third-order valence-corrected chi connectivity index (χ3v) is 2.51. The van der Waals surface area contributed by atoms with Gasteiger partial charge in [0.1, 0.15) is 0 Å². The highest BCUT2D eigenvalue weighted by Crippen LogP contribution is 2.17. The SMILES string of the molecule is C=C/C=C/C(C)=C/[C@H](C)C[C@@H](C)CC. The summed E-state index contributed by atoms with van der Waals surface area (Å²) in [5.41, 5.74) is 1.33. The summed E-state index contributed by atoms with van der Waals surface area (Å²) in [5, 5.41) is 0. The zero-order valence-electron chi connectivity index (χ0n) is 10.1. The Morgan fingerprint density at radius 3 is 2.50 bits per heavy atom. The molecule has 0 aliphatic rings. The molecule has 0 rings (SSSR count). The number of rotatable bonds is 6. The Labute approximate surface area is 89.4 Å². The predicted molar refractivity (Wildman–Crippen MR) is 66.3 cm³/mol. The molecular weight excluding hydrogens is 168 g/mol. The molecule has 0 aromatic carbocycles. The Morgan fingerprint density at radius 2 is 2.00 bits per heavy atom. The van der Waals surface area contributed by atoms with Gasteiger partial charge in [-0.15, -0.1) is 0 Å². The monoisotopic (exact) mass is 192 g/mol. The third-order valence-electron chi connectivity index (χ3n) is 2.51. The van der Waals surface area contributed by atoms with E-state index in [4.69, 9.17) is 0 Å². The molecule has 0 aromatic heterocycles. The molecule has 0 N–H and O–H groups in total. The van der Waals surface area contributed by atoms with Crippen LogP contribution in [0.3, 0.4) is 0 Å². The van der Waals surface area contributed by atoms with E-state index in [2.05, 4.69) is 46.4 Å². The highest BCUT2D eigenvalue weighted by molar-refractivity contribution is 5.19. The van der Waals surface area contributed by atoms with Crippen molar-refractivity contribution < 1.29 is 0 Å². The molecule has 0 radical (unpaired) electrons. The lowest BCUT2D eigenvalue weighted by Crippen LogP contribution is -1.99. The maximum Gasteiger partial charge on any atom is -0.0254 e. The maximum atomic E-state index is 3.66. The lowest BCUT2D eigenvalue weighted by molar-refractivity contribution is 0.454. The maximum absolute atomic E-state index is 3.66. The molecule has 0 heterocycles. The molecule has 0 heteroatoms. The molecule has 0 aromatic rings. The lowest BCUT2D eigenvalue weighted by atomic mass is 9.94. The van der Waals surface area contributed by atoms with E-state index in [1.54, 1.807) is 0 Å². The van der Waals surface area contributed by atoms with Crippen LogP contribution in [-0.2, 0) is 0 Å². The van der Waals surface area contributed by atoms with Gasteiger partial charge < -0.3 is 0 Å². The van der Waals surface area contributed by atoms with E-state index >= 15 is 0 Å². The van der Waals surface area contributed by atoms with Crippen LogP contribution in [0.1, 0.15) is 40.5 Å². The van der Waals surface area contributed by atoms with Crippen LogP contribution >= 0.6 is 0 Å². The van der Waals surface area contributed by atoms with Crippen LogP contribution in [0.2, 0.25) is 0 Å². The number of hydrogen-bond donors (Lipinski definition) is 0. The molecule has 0 spiro atoms. The van der Waals surface area contributed by atoms with E-state index in [-0.39, 0.29) is 0 Å².